The summed E-state index contributed by atoms with van der Waals surface area (Å²) < 4.78 is 31.5. The van der Waals surface area contributed by atoms with Crippen LogP contribution in [-0.2, 0) is 4.74 Å². The number of halogens is 2. The molecular weight excluding hydrogens is 200 g/mol. The Labute approximate surface area is 87.0 Å². The summed E-state index contributed by atoms with van der Waals surface area (Å²) in [5.41, 5.74) is 6.12. The van der Waals surface area contributed by atoms with Crippen molar-refractivity contribution >= 4 is 0 Å². The van der Waals surface area contributed by atoms with Gasteiger partial charge in [-0.3, -0.25) is 0 Å². The smallest absolute Gasteiger partial charge is 0.163 e. The number of benzene rings is 1. The van der Waals surface area contributed by atoms with Gasteiger partial charge in [-0.15, -0.1) is 0 Å². The van der Waals surface area contributed by atoms with Gasteiger partial charge in [-0.1, -0.05) is 12.1 Å². The zero-order valence-corrected chi connectivity index (χ0v) is 8.25. The fraction of sp³-hybridized carbons (Fsp3) is 0.455. The minimum Gasteiger partial charge on any atom is -0.381 e. The fourth-order valence-electron chi connectivity index (χ4n) is 1.87. The van der Waals surface area contributed by atoms with E-state index in [0.29, 0.717) is 13.2 Å². The highest BCUT2D eigenvalue weighted by atomic mass is 19.2. The second kappa shape index (κ2) is 4.24. The Balaban J connectivity index is 2.24. The minimum absolute atomic E-state index is 0.0845. The molecule has 1 aliphatic heterocycles. The topological polar surface area (TPSA) is 35.2 Å². The predicted octanol–water partition coefficient (Wildman–Crippen LogP) is 2.00. The van der Waals surface area contributed by atoms with Crippen molar-refractivity contribution in [3.63, 3.8) is 0 Å². The van der Waals surface area contributed by atoms with Crippen molar-refractivity contribution in [2.45, 2.75) is 12.5 Å². The maximum atomic E-state index is 13.4. The van der Waals surface area contributed by atoms with E-state index >= 15 is 0 Å². The largest absolute Gasteiger partial charge is 0.381 e. The molecule has 1 saturated heterocycles. The van der Waals surface area contributed by atoms with E-state index in [-0.39, 0.29) is 11.5 Å². The molecule has 1 aromatic rings. The molecule has 0 amide bonds. The summed E-state index contributed by atoms with van der Waals surface area (Å²) in [6.45, 7) is 1.17. The van der Waals surface area contributed by atoms with E-state index in [0.717, 1.165) is 12.5 Å². The van der Waals surface area contributed by atoms with E-state index in [1.165, 1.54) is 12.1 Å². The standard InChI is InChI=1S/C11H13F2NO/c12-9-3-1-2-8(10(9)13)11(14)7-4-5-15-6-7/h1-3,7,11H,4-6,14H2. The van der Waals surface area contributed by atoms with E-state index in [1.807, 2.05) is 0 Å². The lowest BCUT2D eigenvalue weighted by molar-refractivity contribution is 0.180. The molecule has 1 aliphatic rings. The summed E-state index contributed by atoms with van der Waals surface area (Å²) in [5, 5.41) is 0. The summed E-state index contributed by atoms with van der Waals surface area (Å²) >= 11 is 0. The van der Waals surface area contributed by atoms with E-state index in [4.69, 9.17) is 10.5 Å². The van der Waals surface area contributed by atoms with Crippen molar-refractivity contribution in [1.29, 1.82) is 0 Å². The van der Waals surface area contributed by atoms with Gasteiger partial charge in [-0.2, -0.15) is 0 Å². The highest BCUT2D eigenvalue weighted by Gasteiger charge is 2.26. The van der Waals surface area contributed by atoms with Gasteiger partial charge in [-0.25, -0.2) is 8.78 Å². The minimum atomic E-state index is -0.845. The van der Waals surface area contributed by atoms with Gasteiger partial charge in [0, 0.05) is 24.1 Å². The molecule has 2 nitrogen and oxygen atoms in total. The van der Waals surface area contributed by atoms with Gasteiger partial charge >= 0.3 is 0 Å². The lowest BCUT2D eigenvalue weighted by atomic mass is 9.93. The highest BCUT2D eigenvalue weighted by molar-refractivity contribution is 5.23. The maximum Gasteiger partial charge on any atom is 0.163 e. The molecule has 0 aromatic heterocycles. The Hall–Kier alpha value is -1.00. The molecule has 2 atom stereocenters. The van der Waals surface area contributed by atoms with Crippen molar-refractivity contribution in [3.05, 3.63) is 35.4 Å². The van der Waals surface area contributed by atoms with Crippen LogP contribution in [0.2, 0.25) is 0 Å². The molecule has 82 valence electrons. The molecule has 1 heterocycles. The first kappa shape index (κ1) is 10.5. The second-order valence-electron chi connectivity index (χ2n) is 3.79. The first-order chi connectivity index (χ1) is 7.20. The van der Waals surface area contributed by atoms with Crippen LogP contribution in [0.1, 0.15) is 18.0 Å². The van der Waals surface area contributed by atoms with Crippen LogP contribution in [0.3, 0.4) is 0 Å². The van der Waals surface area contributed by atoms with E-state index in [1.54, 1.807) is 0 Å². The average molecular weight is 213 g/mol. The molecular formula is C11H13F2NO. The number of hydrogen-bond donors (Lipinski definition) is 1. The number of hydrogen-bond acceptors (Lipinski definition) is 2. The summed E-state index contributed by atoms with van der Waals surface area (Å²) in [4.78, 5) is 0. The lowest BCUT2D eigenvalue weighted by Gasteiger charge is -2.18. The van der Waals surface area contributed by atoms with E-state index in [9.17, 15) is 8.78 Å². The van der Waals surface area contributed by atoms with Crippen molar-refractivity contribution in [1.82, 2.24) is 0 Å². The molecule has 0 saturated carbocycles. The number of rotatable bonds is 2. The van der Waals surface area contributed by atoms with Crippen LogP contribution in [0.25, 0.3) is 0 Å². The Morgan fingerprint density at radius 2 is 2.20 bits per heavy atom. The van der Waals surface area contributed by atoms with Gasteiger partial charge in [0.05, 0.1) is 6.61 Å². The molecule has 4 heteroatoms. The van der Waals surface area contributed by atoms with Crippen molar-refractivity contribution in [3.8, 4) is 0 Å². The van der Waals surface area contributed by atoms with Crippen LogP contribution in [-0.4, -0.2) is 13.2 Å². The Kier molecular flexibility index (Phi) is 2.98. The third-order valence-corrected chi connectivity index (χ3v) is 2.81. The van der Waals surface area contributed by atoms with E-state index < -0.39 is 17.7 Å². The molecule has 1 fully saturated rings. The molecule has 0 bridgehead atoms. The van der Waals surface area contributed by atoms with Crippen LogP contribution in [0.15, 0.2) is 18.2 Å². The zero-order valence-electron chi connectivity index (χ0n) is 8.25. The Morgan fingerprint density at radius 1 is 1.40 bits per heavy atom. The zero-order chi connectivity index (χ0) is 10.8. The quantitative estimate of drug-likeness (QED) is 0.815. The van der Waals surface area contributed by atoms with Crippen LogP contribution >= 0.6 is 0 Å². The third-order valence-electron chi connectivity index (χ3n) is 2.81. The average Bonchev–Trinajstić information content (AvgIpc) is 2.74. The molecule has 2 rings (SSSR count). The Morgan fingerprint density at radius 3 is 2.87 bits per heavy atom. The fourth-order valence-corrected chi connectivity index (χ4v) is 1.87. The van der Waals surface area contributed by atoms with Gasteiger partial charge in [0.15, 0.2) is 11.6 Å². The third kappa shape index (κ3) is 2.01. The Bertz CT molecular complexity index is 350. The molecule has 2 unspecified atom stereocenters. The number of nitrogens with two attached hydrogens (primary N) is 1. The highest BCUT2D eigenvalue weighted by Crippen LogP contribution is 2.28. The lowest BCUT2D eigenvalue weighted by Crippen LogP contribution is -2.23. The molecule has 2 N–H and O–H groups in total. The monoisotopic (exact) mass is 213 g/mol. The van der Waals surface area contributed by atoms with Crippen LogP contribution in [0, 0.1) is 17.6 Å². The molecule has 15 heavy (non-hydrogen) atoms. The SMILES string of the molecule is NC(c1cccc(F)c1F)C1CCOC1. The maximum absolute atomic E-state index is 13.4. The van der Waals surface area contributed by atoms with Crippen LogP contribution in [0.5, 0.6) is 0 Å². The van der Waals surface area contributed by atoms with Gasteiger partial charge in [0.25, 0.3) is 0 Å². The normalized spacial score (nSPS) is 23.0. The first-order valence-electron chi connectivity index (χ1n) is 4.97. The molecule has 0 spiro atoms. The summed E-state index contributed by atoms with van der Waals surface area (Å²) in [7, 11) is 0. The van der Waals surface area contributed by atoms with E-state index in [2.05, 4.69) is 0 Å². The summed E-state index contributed by atoms with van der Waals surface area (Å²) in [6, 6.07) is 3.62. The number of ether oxygens (including phenoxy) is 1. The van der Waals surface area contributed by atoms with Crippen LogP contribution in [0.4, 0.5) is 8.78 Å². The van der Waals surface area contributed by atoms with Crippen molar-refractivity contribution < 1.29 is 13.5 Å². The van der Waals surface area contributed by atoms with Crippen LogP contribution < -0.4 is 5.73 Å². The summed E-state index contributed by atoms with van der Waals surface area (Å²) in [5.74, 6) is -1.60. The van der Waals surface area contributed by atoms with Gasteiger partial charge in [-0.05, 0) is 12.5 Å². The molecule has 1 aromatic carbocycles. The first-order valence-corrected chi connectivity index (χ1v) is 4.97. The second-order valence-corrected chi connectivity index (χ2v) is 3.79. The van der Waals surface area contributed by atoms with Gasteiger partial charge in [0.2, 0.25) is 0 Å². The van der Waals surface area contributed by atoms with Gasteiger partial charge < -0.3 is 10.5 Å². The predicted molar refractivity (Wildman–Crippen MR) is 52.2 cm³/mol. The molecule has 0 aliphatic carbocycles. The van der Waals surface area contributed by atoms with Crippen molar-refractivity contribution in [2.24, 2.45) is 11.7 Å². The van der Waals surface area contributed by atoms with Gasteiger partial charge in [0.1, 0.15) is 0 Å². The van der Waals surface area contributed by atoms with Crippen molar-refractivity contribution in [2.75, 3.05) is 13.2 Å². The summed E-state index contributed by atoms with van der Waals surface area (Å²) in [6.07, 6.45) is 0.803. The molecule has 0 radical (unpaired) electrons.